The third-order valence-corrected chi connectivity index (χ3v) is 6.42. The van der Waals surface area contributed by atoms with Crippen molar-refractivity contribution in [3.05, 3.63) is 30.1 Å². The van der Waals surface area contributed by atoms with Crippen molar-refractivity contribution in [3.63, 3.8) is 0 Å². The topological polar surface area (TPSA) is 105 Å². The summed E-state index contributed by atoms with van der Waals surface area (Å²) in [6.45, 7) is 2.63. The number of amides is 2. The third-order valence-electron chi connectivity index (χ3n) is 5.75. The normalized spacial score (nSPS) is 21.9. The van der Waals surface area contributed by atoms with Crippen molar-refractivity contribution in [1.82, 2.24) is 14.5 Å². The Hall–Kier alpha value is -2.24. The van der Waals surface area contributed by atoms with Gasteiger partial charge in [-0.2, -0.15) is 0 Å². The number of halogens is 1. The van der Waals surface area contributed by atoms with Crippen LogP contribution in [0.4, 0.5) is 4.39 Å². The van der Waals surface area contributed by atoms with Crippen LogP contribution in [0, 0.1) is 11.2 Å². The highest BCUT2D eigenvalue weighted by molar-refractivity contribution is 7.88. The summed E-state index contributed by atoms with van der Waals surface area (Å²) in [5, 5.41) is 0. The van der Waals surface area contributed by atoms with Gasteiger partial charge in [0.15, 0.2) is 0 Å². The second-order valence-corrected chi connectivity index (χ2v) is 10.3. The van der Waals surface area contributed by atoms with Gasteiger partial charge in [-0.3, -0.25) is 9.59 Å². The van der Waals surface area contributed by atoms with E-state index in [1.165, 1.54) is 24.3 Å². The molecule has 1 N–H and O–H groups in total. The number of benzene rings is 1. The highest BCUT2D eigenvalue weighted by atomic mass is 32.2. The number of morpholine rings is 1. The zero-order valence-electron chi connectivity index (χ0n) is 18.2. The quantitative estimate of drug-likeness (QED) is 0.596. The third kappa shape index (κ3) is 7.14. The molecule has 2 aliphatic rings. The van der Waals surface area contributed by atoms with Crippen LogP contribution in [0.2, 0.25) is 0 Å². The lowest BCUT2D eigenvalue weighted by atomic mass is 9.77. The second-order valence-electron chi connectivity index (χ2n) is 8.42. The van der Waals surface area contributed by atoms with Crippen LogP contribution in [0.15, 0.2) is 24.3 Å². The molecule has 1 aromatic carbocycles. The summed E-state index contributed by atoms with van der Waals surface area (Å²) in [6, 6.07) is 5.64. The fourth-order valence-corrected chi connectivity index (χ4v) is 4.44. The van der Waals surface area contributed by atoms with Crippen molar-refractivity contribution in [2.24, 2.45) is 5.41 Å². The van der Waals surface area contributed by atoms with Gasteiger partial charge in [-0.1, -0.05) is 0 Å². The Labute approximate surface area is 187 Å². The Morgan fingerprint density at radius 3 is 2.47 bits per heavy atom. The van der Waals surface area contributed by atoms with Gasteiger partial charge >= 0.3 is 0 Å². The molecule has 11 heteroatoms. The Kier molecular flexibility index (Phi) is 8.07. The lowest BCUT2D eigenvalue weighted by molar-refractivity contribution is -0.143. The molecule has 9 nitrogen and oxygen atoms in total. The molecule has 32 heavy (non-hydrogen) atoms. The maximum atomic E-state index is 13.2. The van der Waals surface area contributed by atoms with Gasteiger partial charge in [0, 0.05) is 38.0 Å². The number of nitrogens with zero attached hydrogens (tertiary/aromatic N) is 2. The van der Waals surface area contributed by atoms with Gasteiger partial charge in [-0.05, 0) is 37.1 Å². The van der Waals surface area contributed by atoms with Crippen LogP contribution in [0.25, 0.3) is 0 Å². The van der Waals surface area contributed by atoms with Crippen molar-refractivity contribution in [2.75, 3.05) is 58.8 Å². The molecular weight excluding hydrogens is 441 g/mol. The minimum atomic E-state index is -3.50. The van der Waals surface area contributed by atoms with Gasteiger partial charge < -0.3 is 19.3 Å². The molecule has 2 saturated heterocycles. The van der Waals surface area contributed by atoms with Crippen LogP contribution in [-0.4, -0.2) is 88.8 Å². The Bertz CT molecular complexity index is 905. The molecule has 1 aromatic rings. The number of carbonyl (C=O) groups excluding carboxylic acids is 2. The average Bonchev–Trinajstić information content (AvgIpc) is 2.77. The van der Waals surface area contributed by atoms with E-state index in [1.807, 2.05) is 0 Å². The van der Waals surface area contributed by atoms with E-state index in [0.29, 0.717) is 51.4 Å². The van der Waals surface area contributed by atoms with E-state index in [1.54, 1.807) is 9.80 Å². The molecule has 178 valence electrons. The summed E-state index contributed by atoms with van der Waals surface area (Å²) >= 11 is 0. The number of hydrogen-bond donors (Lipinski definition) is 1. The average molecular weight is 472 g/mol. The number of carbonyl (C=O) groups is 2. The van der Waals surface area contributed by atoms with Crippen molar-refractivity contribution < 1.29 is 31.9 Å². The van der Waals surface area contributed by atoms with E-state index in [4.69, 9.17) is 9.47 Å². The molecule has 0 aromatic heterocycles. The van der Waals surface area contributed by atoms with E-state index in [9.17, 15) is 22.4 Å². The number of sulfonamides is 1. The Morgan fingerprint density at radius 2 is 1.81 bits per heavy atom. The molecule has 2 amide bonds. The van der Waals surface area contributed by atoms with E-state index in [2.05, 4.69) is 4.72 Å². The van der Waals surface area contributed by atoms with E-state index >= 15 is 0 Å². The molecule has 2 aliphatic heterocycles. The Balaban J connectivity index is 1.72. The van der Waals surface area contributed by atoms with Crippen molar-refractivity contribution in [3.8, 4) is 5.75 Å². The summed E-state index contributed by atoms with van der Waals surface area (Å²) in [6.07, 6.45) is 2.52. The SMILES string of the molecule is CS(=O)(=O)NCC(=O)N1CCC[C@](COc2ccc(F)cc2)(CC(=O)N2CCOCC2)C1. The lowest BCUT2D eigenvalue weighted by Crippen LogP contribution is -2.53. The predicted molar refractivity (Wildman–Crippen MR) is 115 cm³/mol. The zero-order chi connectivity index (χ0) is 23.2. The van der Waals surface area contributed by atoms with Crippen molar-refractivity contribution >= 4 is 21.8 Å². The largest absolute Gasteiger partial charge is 0.493 e. The molecule has 2 fully saturated rings. The van der Waals surface area contributed by atoms with Gasteiger partial charge in [0.25, 0.3) is 0 Å². The zero-order valence-corrected chi connectivity index (χ0v) is 19.0. The molecule has 0 unspecified atom stereocenters. The van der Waals surface area contributed by atoms with Gasteiger partial charge in [-0.15, -0.1) is 0 Å². The van der Waals surface area contributed by atoms with E-state index in [0.717, 1.165) is 6.26 Å². The van der Waals surface area contributed by atoms with Crippen LogP contribution < -0.4 is 9.46 Å². The minimum absolute atomic E-state index is 0.0282. The molecule has 0 radical (unpaired) electrons. The maximum Gasteiger partial charge on any atom is 0.237 e. The first kappa shape index (κ1) is 24.4. The molecular formula is C21H30FN3O6S. The first-order valence-electron chi connectivity index (χ1n) is 10.6. The van der Waals surface area contributed by atoms with Crippen molar-refractivity contribution in [2.45, 2.75) is 19.3 Å². The second kappa shape index (κ2) is 10.6. The first-order chi connectivity index (χ1) is 15.2. The highest BCUT2D eigenvalue weighted by Crippen LogP contribution is 2.35. The molecule has 0 spiro atoms. The predicted octanol–water partition coefficient (Wildman–Crippen LogP) is 0.611. The molecule has 0 saturated carbocycles. The molecule has 2 heterocycles. The van der Waals surface area contributed by atoms with Gasteiger partial charge in [0.1, 0.15) is 11.6 Å². The van der Waals surface area contributed by atoms with Crippen LogP contribution in [0.1, 0.15) is 19.3 Å². The number of ether oxygens (including phenoxy) is 2. The molecule has 0 bridgehead atoms. The summed E-state index contributed by atoms with van der Waals surface area (Å²) in [4.78, 5) is 29.0. The summed E-state index contributed by atoms with van der Waals surface area (Å²) < 4.78 is 49.4. The summed E-state index contributed by atoms with van der Waals surface area (Å²) in [5.74, 6) is -0.270. The van der Waals surface area contributed by atoms with Gasteiger partial charge in [0.2, 0.25) is 21.8 Å². The fraction of sp³-hybridized carbons (Fsp3) is 0.619. The van der Waals surface area contributed by atoms with Crippen molar-refractivity contribution in [1.29, 1.82) is 0 Å². The summed E-state index contributed by atoms with van der Waals surface area (Å²) in [5.41, 5.74) is -0.636. The molecule has 3 rings (SSSR count). The summed E-state index contributed by atoms with van der Waals surface area (Å²) in [7, 11) is -3.50. The standard InChI is InChI=1S/C21H30FN3O6S/c1-32(28,29)23-14-20(27)25-8-2-7-21(15-25,13-19(26)24-9-11-30-12-10-24)16-31-18-5-3-17(22)4-6-18/h3-6,23H,2,7-16H2,1H3/t21-/m0/s1. The number of piperidine rings is 1. The van der Waals surface area contributed by atoms with Crippen LogP contribution in [0.5, 0.6) is 5.75 Å². The van der Waals surface area contributed by atoms with Gasteiger partial charge in [-0.25, -0.2) is 17.5 Å². The van der Waals surface area contributed by atoms with E-state index < -0.39 is 15.4 Å². The lowest BCUT2D eigenvalue weighted by Gasteiger charge is -2.43. The molecule has 1 atom stereocenters. The highest BCUT2D eigenvalue weighted by Gasteiger charge is 2.41. The van der Waals surface area contributed by atoms with Crippen LogP contribution >= 0.6 is 0 Å². The van der Waals surface area contributed by atoms with Gasteiger partial charge in [0.05, 0.1) is 32.6 Å². The van der Waals surface area contributed by atoms with Crippen LogP contribution in [-0.2, 0) is 24.3 Å². The van der Waals surface area contributed by atoms with E-state index in [-0.39, 0.29) is 43.7 Å². The molecule has 0 aliphatic carbocycles. The number of likely N-dealkylation sites (tertiary alicyclic amines) is 1. The maximum absolute atomic E-state index is 13.2. The minimum Gasteiger partial charge on any atom is -0.493 e. The smallest absolute Gasteiger partial charge is 0.237 e. The number of hydrogen-bond acceptors (Lipinski definition) is 6. The Morgan fingerprint density at radius 1 is 1.12 bits per heavy atom. The first-order valence-corrected chi connectivity index (χ1v) is 12.5. The number of nitrogens with one attached hydrogen (secondary N) is 1. The fourth-order valence-electron chi connectivity index (χ4n) is 4.05. The monoisotopic (exact) mass is 471 g/mol. The number of rotatable bonds is 8. The van der Waals surface area contributed by atoms with Crippen LogP contribution in [0.3, 0.4) is 0 Å².